The summed E-state index contributed by atoms with van der Waals surface area (Å²) in [7, 11) is 2.79. The molecule has 1 nitrogen and oxygen atoms in total. The molecular formula is C9H12NP. The lowest BCUT2D eigenvalue weighted by atomic mass is 10.0. The maximum absolute atomic E-state index is 3.37. The average molecular weight is 165 g/mol. The van der Waals surface area contributed by atoms with Crippen molar-refractivity contribution in [1.82, 2.24) is 5.32 Å². The third kappa shape index (κ3) is 1.31. The predicted molar refractivity (Wildman–Crippen MR) is 51.2 cm³/mol. The van der Waals surface area contributed by atoms with Crippen molar-refractivity contribution in [3.63, 3.8) is 0 Å². The molecular weight excluding hydrogens is 153 g/mol. The largest absolute Gasteiger partial charge is 0.312 e. The fourth-order valence-corrected chi connectivity index (χ4v) is 1.94. The number of hydrogen-bond donors (Lipinski definition) is 1. The fraction of sp³-hybridized carbons (Fsp3) is 0.333. The summed E-state index contributed by atoms with van der Waals surface area (Å²) in [4.78, 5) is 0. The van der Waals surface area contributed by atoms with Crippen molar-refractivity contribution >= 4 is 14.5 Å². The molecule has 1 heterocycles. The molecule has 1 atom stereocenters. The summed E-state index contributed by atoms with van der Waals surface area (Å²) in [5, 5.41) is 4.71. The lowest BCUT2D eigenvalue weighted by Crippen LogP contribution is -2.26. The Morgan fingerprint density at radius 2 is 2.27 bits per heavy atom. The third-order valence-electron chi connectivity index (χ3n) is 2.18. The van der Waals surface area contributed by atoms with E-state index in [9.17, 15) is 0 Å². The van der Waals surface area contributed by atoms with Crippen LogP contribution in [0.25, 0.3) is 0 Å². The Balaban J connectivity index is 2.49. The van der Waals surface area contributed by atoms with Gasteiger partial charge in [-0.05, 0) is 29.4 Å². The van der Waals surface area contributed by atoms with Gasteiger partial charge in [-0.15, -0.1) is 9.24 Å². The molecule has 0 saturated carbocycles. The van der Waals surface area contributed by atoms with E-state index in [1.54, 1.807) is 0 Å². The van der Waals surface area contributed by atoms with Gasteiger partial charge in [-0.1, -0.05) is 18.2 Å². The van der Waals surface area contributed by atoms with Crippen LogP contribution >= 0.6 is 9.24 Å². The van der Waals surface area contributed by atoms with Crippen LogP contribution in [-0.4, -0.2) is 6.54 Å². The van der Waals surface area contributed by atoms with E-state index in [-0.39, 0.29) is 0 Å². The normalized spacial score (nSPS) is 16.1. The third-order valence-corrected chi connectivity index (χ3v) is 2.72. The number of nitrogens with one attached hydrogen (secondary N) is 1. The number of rotatable bonds is 0. The van der Waals surface area contributed by atoms with E-state index in [4.69, 9.17) is 0 Å². The van der Waals surface area contributed by atoms with Crippen LogP contribution in [0.5, 0.6) is 0 Å². The Morgan fingerprint density at radius 3 is 3.09 bits per heavy atom. The topological polar surface area (TPSA) is 12.0 Å². The molecule has 1 aromatic rings. The molecule has 11 heavy (non-hydrogen) atoms. The van der Waals surface area contributed by atoms with Gasteiger partial charge in [0.15, 0.2) is 0 Å². The molecule has 2 rings (SSSR count). The van der Waals surface area contributed by atoms with Crippen LogP contribution in [0.2, 0.25) is 0 Å². The van der Waals surface area contributed by atoms with Crippen LogP contribution in [0.1, 0.15) is 11.1 Å². The molecule has 0 aromatic heterocycles. The van der Waals surface area contributed by atoms with Crippen molar-refractivity contribution in [2.24, 2.45) is 0 Å². The maximum Gasteiger partial charge on any atom is 0.0214 e. The summed E-state index contributed by atoms with van der Waals surface area (Å²) in [6.45, 7) is 2.16. The number of benzene rings is 1. The van der Waals surface area contributed by atoms with E-state index >= 15 is 0 Å². The van der Waals surface area contributed by atoms with E-state index in [1.165, 1.54) is 22.9 Å². The first kappa shape index (κ1) is 7.27. The van der Waals surface area contributed by atoms with Crippen molar-refractivity contribution in [2.75, 3.05) is 6.54 Å². The van der Waals surface area contributed by atoms with Gasteiger partial charge in [-0.3, -0.25) is 0 Å². The zero-order valence-electron chi connectivity index (χ0n) is 6.43. The minimum Gasteiger partial charge on any atom is -0.312 e. The zero-order valence-corrected chi connectivity index (χ0v) is 7.59. The molecule has 1 aliphatic heterocycles. The molecule has 0 aliphatic carbocycles. The quantitative estimate of drug-likeness (QED) is 0.561. The second-order valence-corrected chi connectivity index (χ2v) is 3.53. The van der Waals surface area contributed by atoms with Crippen LogP contribution in [0, 0.1) is 0 Å². The van der Waals surface area contributed by atoms with Crippen molar-refractivity contribution in [1.29, 1.82) is 0 Å². The van der Waals surface area contributed by atoms with Crippen molar-refractivity contribution < 1.29 is 0 Å². The van der Waals surface area contributed by atoms with E-state index < -0.39 is 0 Å². The molecule has 1 aromatic carbocycles. The molecule has 2 heteroatoms. The van der Waals surface area contributed by atoms with Crippen molar-refractivity contribution in [2.45, 2.75) is 13.0 Å². The van der Waals surface area contributed by atoms with Gasteiger partial charge < -0.3 is 5.32 Å². The molecule has 0 amide bonds. The fourth-order valence-electron chi connectivity index (χ4n) is 1.54. The van der Waals surface area contributed by atoms with Crippen molar-refractivity contribution in [3.8, 4) is 0 Å². The summed E-state index contributed by atoms with van der Waals surface area (Å²) in [5.74, 6) is 0. The van der Waals surface area contributed by atoms with Gasteiger partial charge in [0, 0.05) is 6.54 Å². The highest BCUT2D eigenvalue weighted by molar-refractivity contribution is 7.27. The molecule has 0 radical (unpaired) electrons. The first-order valence-corrected chi connectivity index (χ1v) is 4.52. The van der Waals surface area contributed by atoms with Gasteiger partial charge in [-0.25, -0.2) is 0 Å². The van der Waals surface area contributed by atoms with Gasteiger partial charge in [-0.2, -0.15) is 0 Å². The van der Waals surface area contributed by atoms with Gasteiger partial charge >= 0.3 is 0 Å². The van der Waals surface area contributed by atoms with E-state index in [0.29, 0.717) is 0 Å². The molecule has 1 N–H and O–H groups in total. The first-order valence-electron chi connectivity index (χ1n) is 3.95. The van der Waals surface area contributed by atoms with Crippen LogP contribution in [0.15, 0.2) is 18.2 Å². The molecule has 0 saturated heterocycles. The average Bonchev–Trinajstić information content (AvgIpc) is 2.06. The monoisotopic (exact) mass is 165 g/mol. The van der Waals surface area contributed by atoms with E-state index in [2.05, 4.69) is 32.8 Å². The standard InChI is InChI=1S/C9H12NP/c11-9-3-1-2-7-4-5-10-6-8(7)9/h1-3,10H,4-6,11H2. The highest BCUT2D eigenvalue weighted by atomic mass is 31.0. The molecule has 1 aliphatic rings. The highest BCUT2D eigenvalue weighted by Crippen LogP contribution is 2.12. The Bertz CT molecular complexity index is 270. The highest BCUT2D eigenvalue weighted by Gasteiger charge is 2.08. The summed E-state index contributed by atoms with van der Waals surface area (Å²) in [6.07, 6.45) is 1.18. The Labute approximate surface area is 69.4 Å². The molecule has 0 spiro atoms. The number of hydrogen-bond acceptors (Lipinski definition) is 1. The Hall–Kier alpha value is -0.390. The minimum absolute atomic E-state index is 1.04. The van der Waals surface area contributed by atoms with Gasteiger partial charge in [0.1, 0.15) is 0 Å². The summed E-state index contributed by atoms with van der Waals surface area (Å²) in [6, 6.07) is 6.51. The summed E-state index contributed by atoms with van der Waals surface area (Å²) in [5.41, 5.74) is 2.99. The van der Waals surface area contributed by atoms with Crippen molar-refractivity contribution in [3.05, 3.63) is 29.3 Å². The number of fused-ring (bicyclic) bond motifs is 1. The molecule has 1 unspecified atom stereocenters. The van der Waals surface area contributed by atoms with E-state index in [1.807, 2.05) is 0 Å². The van der Waals surface area contributed by atoms with Gasteiger partial charge in [0.2, 0.25) is 0 Å². The predicted octanol–water partition coefficient (Wildman–Crippen LogP) is 0.833. The lowest BCUT2D eigenvalue weighted by molar-refractivity contribution is 0.647. The van der Waals surface area contributed by atoms with Crippen LogP contribution in [0.4, 0.5) is 0 Å². The Morgan fingerprint density at radius 1 is 1.36 bits per heavy atom. The molecule has 0 bridgehead atoms. The van der Waals surface area contributed by atoms with Gasteiger partial charge in [0.25, 0.3) is 0 Å². The first-order chi connectivity index (χ1) is 5.38. The van der Waals surface area contributed by atoms with E-state index in [0.717, 1.165) is 13.1 Å². The molecule has 0 fully saturated rings. The SMILES string of the molecule is Pc1cccc2c1CNCC2. The smallest absolute Gasteiger partial charge is 0.0214 e. The zero-order chi connectivity index (χ0) is 7.68. The molecule has 58 valence electrons. The minimum atomic E-state index is 1.04. The second-order valence-electron chi connectivity index (χ2n) is 2.91. The summed E-state index contributed by atoms with van der Waals surface area (Å²) < 4.78 is 0. The maximum atomic E-state index is 3.37. The second kappa shape index (κ2) is 2.92. The lowest BCUT2D eigenvalue weighted by Gasteiger charge is -2.18. The van der Waals surface area contributed by atoms with Gasteiger partial charge in [0.05, 0.1) is 0 Å². The van der Waals surface area contributed by atoms with Crippen LogP contribution in [0.3, 0.4) is 0 Å². The Kier molecular flexibility index (Phi) is 1.93. The summed E-state index contributed by atoms with van der Waals surface area (Å²) >= 11 is 0. The van der Waals surface area contributed by atoms with Crippen LogP contribution in [-0.2, 0) is 13.0 Å². The van der Waals surface area contributed by atoms with Crippen LogP contribution < -0.4 is 10.6 Å².